The molecule has 1 unspecified atom stereocenters. The summed E-state index contributed by atoms with van der Waals surface area (Å²) in [6.07, 6.45) is 1.87. The number of carbonyl (C=O) groups is 2. The van der Waals surface area contributed by atoms with E-state index >= 15 is 0 Å². The monoisotopic (exact) mass is 311 g/mol. The number of rotatable bonds is 4. The summed E-state index contributed by atoms with van der Waals surface area (Å²) in [4.78, 5) is 24.6. The van der Waals surface area contributed by atoms with Crippen LogP contribution in [0.1, 0.15) is 31.2 Å². The minimum atomic E-state index is -0.835. The van der Waals surface area contributed by atoms with Crippen LogP contribution in [0.2, 0.25) is 0 Å². The number of carboxylic acids is 1. The molecule has 1 fully saturated rings. The van der Waals surface area contributed by atoms with Gasteiger partial charge in [-0.15, -0.1) is 0 Å². The second-order valence-corrected chi connectivity index (χ2v) is 5.65. The standard InChI is InChI=1S/C16H19F2NO3/c17-13-4-1-5-14(18)12(13)10-15(20)19-7-2-3-11(6-8-19)9-16(21)22/h1,4-5,11H,2-3,6-10H2,(H,21,22). The lowest BCUT2D eigenvalue weighted by molar-refractivity contribution is -0.138. The molecular formula is C16H19F2NO3. The van der Waals surface area contributed by atoms with Gasteiger partial charge < -0.3 is 10.0 Å². The first-order chi connectivity index (χ1) is 10.5. The third-order valence-electron chi connectivity index (χ3n) is 4.05. The zero-order valence-electron chi connectivity index (χ0n) is 12.2. The summed E-state index contributed by atoms with van der Waals surface area (Å²) in [6, 6.07) is 3.54. The summed E-state index contributed by atoms with van der Waals surface area (Å²) in [5, 5.41) is 8.82. The van der Waals surface area contributed by atoms with Crippen LogP contribution in [0.4, 0.5) is 8.78 Å². The molecule has 0 spiro atoms. The third kappa shape index (κ3) is 4.26. The van der Waals surface area contributed by atoms with Crippen LogP contribution in [0.25, 0.3) is 0 Å². The van der Waals surface area contributed by atoms with E-state index in [0.29, 0.717) is 25.9 Å². The zero-order valence-corrected chi connectivity index (χ0v) is 12.2. The topological polar surface area (TPSA) is 57.6 Å². The van der Waals surface area contributed by atoms with Gasteiger partial charge >= 0.3 is 5.97 Å². The van der Waals surface area contributed by atoms with Gasteiger partial charge in [0.25, 0.3) is 0 Å². The highest BCUT2D eigenvalue weighted by Crippen LogP contribution is 2.22. The number of amides is 1. The van der Waals surface area contributed by atoms with E-state index < -0.39 is 17.6 Å². The van der Waals surface area contributed by atoms with Crippen molar-refractivity contribution in [1.29, 1.82) is 0 Å². The van der Waals surface area contributed by atoms with Gasteiger partial charge in [0, 0.05) is 25.1 Å². The molecule has 0 radical (unpaired) electrons. The summed E-state index contributed by atoms with van der Waals surface area (Å²) in [5.74, 6) is -2.53. The maximum atomic E-state index is 13.6. The number of carbonyl (C=O) groups excluding carboxylic acids is 1. The molecule has 2 rings (SSSR count). The molecule has 120 valence electrons. The van der Waals surface area contributed by atoms with E-state index in [1.165, 1.54) is 6.07 Å². The lowest BCUT2D eigenvalue weighted by Crippen LogP contribution is -2.33. The predicted octanol–water partition coefficient (Wildman–Crippen LogP) is 2.61. The molecule has 0 aliphatic carbocycles. The summed E-state index contributed by atoms with van der Waals surface area (Å²) < 4.78 is 27.2. The van der Waals surface area contributed by atoms with Gasteiger partial charge in [-0.2, -0.15) is 0 Å². The Morgan fingerprint density at radius 2 is 1.86 bits per heavy atom. The minimum Gasteiger partial charge on any atom is -0.481 e. The predicted molar refractivity (Wildman–Crippen MR) is 76.2 cm³/mol. The van der Waals surface area contributed by atoms with Crippen molar-refractivity contribution in [2.75, 3.05) is 13.1 Å². The van der Waals surface area contributed by atoms with Crippen LogP contribution < -0.4 is 0 Å². The summed E-state index contributed by atoms with van der Waals surface area (Å²) in [6.45, 7) is 0.942. The molecule has 1 aliphatic heterocycles. The van der Waals surface area contributed by atoms with E-state index in [0.717, 1.165) is 18.6 Å². The van der Waals surface area contributed by atoms with E-state index in [9.17, 15) is 18.4 Å². The lowest BCUT2D eigenvalue weighted by Gasteiger charge is -2.21. The van der Waals surface area contributed by atoms with Crippen molar-refractivity contribution in [2.45, 2.75) is 32.1 Å². The number of halogens is 2. The Bertz CT molecular complexity index is 542. The quantitative estimate of drug-likeness (QED) is 0.930. The van der Waals surface area contributed by atoms with Crippen LogP contribution >= 0.6 is 0 Å². The van der Waals surface area contributed by atoms with Gasteiger partial charge in [-0.1, -0.05) is 6.07 Å². The average molecular weight is 311 g/mol. The van der Waals surface area contributed by atoms with Crippen LogP contribution in [-0.2, 0) is 16.0 Å². The zero-order chi connectivity index (χ0) is 16.1. The van der Waals surface area contributed by atoms with Gasteiger partial charge in [0.05, 0.1) is 6.42 Å². The fraction of sp³-hybridized carbons (Fsp3) is 0.500. The van der Waals surface area contributed by atoms with Crippen molar-refractivity contribution in [3.63, 3.8) is 0 Å². The molecular weight excluding hydrogens is 292 g/mol. The third-order valence-corrected chi connectivity index (χ3v) is 4.05. The van der Waals surface area contributed by atoms with Crippen molar-refractivity contribution >= 4 is 11.9 Å². The second kappa shape index (κ2) is 7.33. The first kappa shape index (κ1) is 16.4. The van der Waals surface area contributed by atoms with Gasteiger partial charge in [-0.3, -0.25) is 9.59 Å². The molecule has 1 aromatic carbocycles. The van der Waals surface area contributed by atoms with Gasteiger partial charge in [0.15, 0.2) is 0 Å². The van der Waals surface area contributed by atoms with Crippen molar-refractivity contribution < 1.29 is 23.5 Å². The van der Waals surface area contributed by atoms with Crippen LogP contribution in [0.3, 0.4) is 0 Å². The van der Waals surface area contributed by atoms with Gasteiger partial charge in [0.1, 0.15) is 11.6 Å². The maximum absolute atomic E-state index is 13.6. The number of likely N-dealkylation sites (tertiary alicyclic amines) is 1. The van der Waals surface area contributed by atoms with E-state index in [2.05, 4.69) is 0 Å². The number of hydrogen-bond acceptors (Lipinski definition) is 2. The summed E-state index contributed by atoms with van der Waals surface area (Å²) in [5.41, 5.74) is -0.209. The SMILES string of the molecule is O=C(O)CC1CCCN(C(=O)Cc2c(F)cccc2F)CC1. The Morgan fingerprint density at radius 1 is 1.18 bits per heavy atom. The summed E-state index contributed by atoms with van der Waals surface area (Å²) in [7, 11) is 0. The Morgan fingerprint density at radius 3 is 2.50 bits per heavy atom. The fourth-order valence-electron chi connectivity index (χ4n) is 2.83. The first-order valence-electron chi connectivity index (χ1n) is 7.40. The van der Waals surface area contributed by atoms with Gasteiger partial charge in [-0.25, -0.2) is 8.78 Å². The molecule has 1 amide bonds. The molecule has 0 bridgehead atoms. The molecule has 1 saturated heterocycles. The average Bonchev–Trinajstić information content (AvgIpc) is 2.68. The van der Waals surface area contributed by atoms with Crippen LogP contribution in [0.15, 0.2) is 18.2 Å². The smallest absolute Gasteiger partial charge is 0.303 e. The normalized spacial score (nSPS) is 18.8. The molecule has 1 heterocycles. The van der Waals surface area contributed by atoms with Crippen LogP contribution in [0.5, 0.6) is 0 Å². The number of carboxylic acid groups (broad SMARTS) is 1. The fourth-order valence-corrected chi connectivity index (χ4v) is 2.83. The number of aliphatic carboxylic acids is 1. The molecule has 6 heteroatoms. The molecule has 1 aromatic rings. The number of hydrogen-bond donors (Lipinski definition) is 1. The number of nitrogens with zero attached hydrogens (tertiary/aromatic N) is 1. The number of benzene rings is 1. The van der Waals surface area contributed by atoms with Crippen molar-refractivity contribution in [2.24, 2.45) is 5.92 Å². The van der Waals surface area contributed by atoms with E-state index in [4.69, 9.17) is 5.11 Å². The van der Waals surface area contributed by atoms with Crippen LogP contribution in [0, 0.1) is 17.6 Å². The highest BCUT2D eigenvalue weighted by atomic mass is 19.1. The Labute approximate surface area is 127 Å². The maximum Gasteiger partial charge on any atom is 0.303 e. The largest absolute Gasteiger partial charge is 0.481 e. The van der Waals surface area contributed by atoms with Crippen molar-refractivity contribution in [3.05, 3.63) is 35.4 Å². The van der Waals surface area contributed by atoms with Gasteiger partial charge in [-0.05, 0) is 37.3 Å². The Balaban J connectivity index is 1.97. The van der Waals surface area contributed by atoms with Crippen molar-refractivity contribution in [1.82, 2.24) is 4.90 Å². The van der Waals surface area contributed by atoms with Crippen molar-refractivity contribution in [3.8, 4) is 0 Å². The Hall–Kier alpha value is -1.98. The second-order valence-electron chi connectivity index (χ2n) is 5.65. The van der Waals surface area contributed by atoms with Gasteiger partial charge in [0.2, 0.25) is 5.91 Å². The molecule has 1 N–H and O–H groups in total. The molecule has 1 aliphatic rings. The molecule has 1 atom stereocenters. The van der Waals surface area contributed by atoms with E-state index in [1.54, 1.807) is 4.90 Å². The highest BCUT2D eigenvalue weighted by molar-refractivity contribution is 5.79. The summed E-state index contributed by atoms with van der Waals surface area (Å²) >= 11 is 0. The Kier molecular flexibility index (Phi) is 5.46. The lowest BCUT2D eigenvalue weighted by atomic mass is 9.97. The first-order valence-corrected chi connectivity index (χ1v) is 7.40. The van der Waals surface area contributed by atoms with E-state index in [-0.39, 0.29) is 30.2 Å². The molecule has 22 heavy (non-hydrogen) atoms. The van der Waals surface area contributed by atoms with Crippen LogP contribution in [-0.4, -0.2) is 35.0 Å². The minimum absolute atomic E-state index is 0.0560. The van der Waals surface area contributed by atoms with E-state index in [1.807, 2.05) is 0 Å². The molecule has 0 saturated carbocycles. The molecule has 0 aromatic heterocycles. The highest BCUT2D eigenvalue weighted by Gasteiger charge is 2.23. The molecule has 4 nitrogen and oxygen atoms in total.